The highest BCUT2D eigenvalue weighted by molar-refractivity contribution is 7.89. The van der Waals surface area contributed by atoms with Crippen molar-refractivity contribution in [2.75, 3.05) is 19.0 Å². The summed E-state index contributed by atoms with van der Waals surface area (Å²) in [4.78, 5) is 11.4. The zero-order valence-corrected chi connectivity index (χ0v) is 13.7. The van der Waals surface area contributed by atoms with Crippen LogP contribution in [-0.2, 0) is 14.8 Å². The average molecular weight is 326 g/mol. The molecule has 0 aliphatic carbocycles. The zero-order chi connectivity index (χ0) is 16.2. The molecule has 1 aromatic carbocycles. The van der Waals surface area contributed by atoms with Gasteiger partial charge < -0.3 is 4.74 Å². The largest absolute Gasteiger partial charge is 0.453 e. The van der Waals surface area contributed by atoms with Gasteiger partial charge in [-0.2, -0.15) is 4.31 Å². The number of nitrogens with zero attached hydrogens (tertiary/aromatic N) is 1. The Hall–Kier alpha value is -1.60. The molecular formula is C15H22N2O4S. The predicted octanol–water partition coefficient (Wildman–Crippen LogP) is 2.82. The number of benzene rings is 1. The van der Waals surface area contributed by atoms with Crippen LogP contribution in [0.25, 0.3) is 0 Å². The molecule has 122 valence electrons. The second kappa shape index (κ2) is 7.11. The first kappa shape index (κ1) is 16.8. The Morgan fingerprint density at radius 3 is 2.59 bits per heavy atom. The van der Waals surface area contributed by atoms with Gasteiger partial charge in [0.15, 0.2) is 0 Å². The smallest absolute Gasteiger partial charge is 0.411 e. The highest BCUT2D eigenvalue weighted by atomic mass is 32.2. The molecule has 7 heteroatoms. The van der Waals surface area contributed by atoms with E-state index in [1.54, 1.807) is 16.4 Å². The third kappa shape index (κ3) is 3.59. The number of carbonyl (C=O) groups excluding carboxylic acids is 1. The van der Waals surface area contributed by atoms with E-state index >= 15 is 0 Å². The van der Waals surface area contributed by atoms with Crippen molar-refractivity contribution in [3.63, 3.8) is 0 Å². The third-order valence-corrected chi connectivity index (χ3v) is 5.90. The summed E-state index contributed by atoms with van der Waals surface area (Å²) in [6, 6.07) is 6.24. The molecule has 0 radical (unpaired) electrons. The molecule has 1 fully saturated rings. The van der Waals surface area contributed by atoms with Crippen molar-refractivity contribution in [3.8, 4) is 0 Å². The van der Waals surface area contributed by atoms with Crippen LogP contribution >= 0.6 is 0 Å². The molecule has 1 aromatic rings. The fraction of sp³-hybridized carbons (Fsp3) is 0.533. The molecule has 2 rings (SSSR count). The van der Waals surface area contributed by atoms with Gasteiger partial charge in [-0.25, -0.2) is 13.2 Å². The SMILES string of the molecule is CC[C@@H]1CCCCN1S(=O)(=O)c1ccc(NC(=O)OC)cc1. The second-order valence-corrected chi connectivity index (χ2v) is 7.21. The fourth-order valence-electron chi connectivity index (χ4n) is 2.71. The number of nitrogens with one attached hydrogen (secondary N) is 1. The van der Waals surface area contributed by atoms with Crippen molar-refractivity contribution >= 4 is 21.8 Å². The van der Waals surface area contributed by atoms with Crippen LogP contribution in [0.1, 0.15) is 32.6 Å². The summed E-state index contributed by atoms with van der Waals surface area (Å²) in [5.41, 5.74) is 0.497. The summed E-state index contributed by atoms with van der Waals surface area (Å²) < 4.78 is 31.6. The van der Waals surface area contributed by atoms with Gasteiger partial charge in [-0.1, -0.05) is 13.3 Å². The molecule has 1 aliphatic rings. The van der Waals surface area contributed by atoms with E-state index in [2.05, 4.69) is 10.1 Å². The average Bonchev–Trinajstić information content (AvgIpc) is 2.55. The van der Waals surface area contributed by atoms with Crippen LogP contribution in [0, 0.1) is 0 Å². The number of sulfonamides is 1. The first-order valence-electron chi connectivity index (χ1n) is 7.46. The first-order chi connectivity index (χ1) is 10.5. The Labute approximate surface area is 131 Å². The number of piperidine rings is 1. The summed E-state index contributed by atoms with van der Waals surface area (Å²) in [5, 5.41) is 2.50. The maximum Gasteiger partial charge on any atom is 0.411 e. The van der Waals surface area contributed by atoms with Gasteiger partial charge in [0, 0.05) is 18.3 Å². The van der Waals surface area contributed by atoms with E-state index in [4.69, 9.17) is 0 Å². The number of ether oxygens (including phenoxy) is 1. The number of amides is 1. The number of rotatable bonds is 4. The molecule has 0 bridgehead atoms. The van der Waals surface area contributed by atoms with Crippen molar-refractivity contribution in [1.29, 1.82) is 0 Å². The molecule has 1 atom stereocenters. The predicted molar refractivity (Wildman–Crippen MR) is 84.3 cm³/mol. The van der Waals surface area contributed by atoms with E-state index in [9.17, 15) is 13.2 Å². The molecule has 0 aromatic heterocycles. The second-order valence-electron chi connectivity index (χ2n) is 5.31. The van der Waals surface area contributed by atoms with E-state index in [0.717, 1.165) is 25.7 Å². The van der Waals surface area contributed by atoms with Gasteiger partial charge >= 0.3 is 6.09 Å². The Morgan fingerprint density at radius 2 is 2.00 bits per heavy atom. The summed E-state index contributed by atoms with van der Waals surface area (Å²) in [5.74, 6) is 0. The van der Waals surface area contributed by atoms with Crippen molar-refractivity contribution in [2.24, 2.45) is 0 Å². The maximum atomic E-state index is 12.8. The molecule has 22 heavy (non-hydrogen) atoms. The van der Waals surface area contributed by atoms with Crippen molar-refractivity contribution in [2.45, 2.75) is 43.5 Å². The van der Waals surface area contributed by atoms with Crippen molar-refractivity contribution in [1.82, 2.24) is 4.31 Å². The van der Waals surface area contributed by atoms with Crippen molar-refractivity contribution in [3.05, 3.63) is 24.3 Å². The number of hydrogen-bond donors (Lipinski definition) is 1. The number of anilines is 1. The molecular weight excluding hydrogens is 304 g/mol. The van der Waals surface area contributed by atoms with Gasteiger partial charge in [0.2, 0.25) is 10.0 Å². The Kier molecular flexibility index (Phi) is 5.42. The summed E-state index contributed by atoms with van der Waals surface area (Å²) in [7, 11) is -2.21. The van der Waals surface area contributed by atoms with Gasteiger partial charge in [0.25, 0.3) is 0 Å². The monoisotopic (exact) mass is 326 g/mol. The van der Waals surface area contributed by atoms with Crippen LogP contribution in [0.2, 0.25) is 0 Å². The Bertz CT molecular complexity index is 613. The van der Waals surface area contributed by atoms with E-state index in [0.29, 0.717) is 12.2 Å². The van der Waals surface area contributed by atoms with Gasteiger partial charge in [0.05, 0.1) is 12.0 Å². The van der Waals surface area contributed by atoms with Crippen LogP contribution in [0.3, 0.4) is 0 Å². The maximum absolute atomic E-state index is 12.8. The molecule has 0 spiro atoms. The lowest BCUT2D eigenvalue weighted by molar-refractivity contribution is 0.187. The molecule has 1 aliphatic heterocycles. The Balaban J connectivity index is 2.20. The zero-order valence-electron chi connectivity index (χ0n) is 12.9. The van der Waals surface area contributed by atoms with Gasteiger partial charge in [-0.05, 0) is 43.5 Å². The number of carbonyl (C=O) groups is 1. The van der Waals surface area contributed by atoms with Crippen LogP contribution < -0.4 is 5.32 Å². The molecule has 1 heterocycles. The van der Waals surface area contributed by atoms with E-state index < -0.39 is 16.1 Å². The van der Waals surface area contributed by atoms with E-state index in [1.807, 2.05) is 6.92 Å². The van der Waals surface area contributed by atoms with E-state index in [-0.39, 0.29) is 10.9 Å². The highest BCUT2D eigenvalue weighted by Gasteiger charge is 2.32. The van der Waals surface area contributed by atoms with Crippen LogP contribution in [0.15, 0.2) is 29.2 Å². The lowest BCUT2D eigenvalue weighted by atomic mass is 10.0. The van der Waals surface area contributed by atoms with Crippen molar-refractivity contribution < 1.29 is 17.9 Å². The summed E-state index contributed by atoms with van der Waals surface area (Å²) in [6.45, 7) is 2.59. The molecule has 0 unspecified atom stereocenters. The minimum absolute atomic E-state index is 0.0756. The molecule has 1 N–H and O–H groups in total. The lowest BCUT2D eigenvalue weighted by Gasteiger charge is -2.34. The lowest BCUT2D eigenvalue weighted by Crippen LogP contribution is -2.43. The molecule has 0 saturated carbocycles. The quantitative estimate of drug-likeness (QED) is 0.923. The number of hydrogen-bond acceptors (Lipinski definition) is 4. The minimum atomic E-state index is -3.48. The standard InChI is InChI=1S/C15H22N2O4S/c1-3-13-6-4-5-11-17(13)22(19,20)14-9-7-12(8-10-14)16-15(18)21-2/h7-10,13H,3-6,11H2,1-2H3,(H,16,18)/t13-/m1/s1. The van der Waals surface area contributed by atoms with Crippen LogP contribution in [-0.4, -0.2) is 38.5 Å². The number of methoxy groups -OCH3 is 1. The normalized spacial score (nSPS) is 19.6. The van der Waals surface area contributed by atoms with Gasteiger partial charge in [-0.3, -0.25) is 5.32 Å². The van der Waals surface area contributed by atoms with Crippen LogP contribution in [0.4, 0.5) is 10.5 Å². The van der Waals surface area contributed by atoms with Gasteiger partial charge in [0.1, 0.15) is 0 Å². The molecule has 1 amide bonds. The third-order valence-electron chi connectivity index (χ3n) is 3.94. The molecule has 6 nitrogen and oxygen atoms in total. The van der Waals surface area contributed by atoms with Gasteiger partial charge in [-0.15, -0.1) is 0 Å². The molecule has 1 saturated heterocycles. The van der Waals surface area contributed by atoms with E-state index in [1.165, 1.54) is 19.2 Å². The summed E-state index contributed by atoms with van der Waals surface area (Å²) in [6.07, 6.45) is 3.13. The fourth-order valence-corrected chi connectivity index (χ4v) is 4.48. The minimum Gasteiger partial charge on any atom is -0.453 e. The van der Waals surface area contributed by atoms with Crippen LogP contribution in [0.5, 0.6) is 0 Å². The highest BCUT2D eigenvalue weighted by Crippen LogP contribution is 2.27. The summed E-state index contributed by atoms with van der Waals surface area (Å²) >= 11 is 0. The topological polar surface area (TPSA) is 75.7 Å². The Morgan fingerprint density at radius 1 is 1.32 bits per heavy atom. The first-order valence-corrected chi connectivity index (χ1v) is 8.90.